The summed E-state index contributed by atoms with van der Waals surface area (Å²) in [6, 6.07) is 0. The number of hydrogen-bond donors (Lipinski definition) is 0. The van der Waals surface area contributed by atoms with Crippen LogP contribution in [0, 0.1) is 0 Å². The predicted octanol–water partition coefficient (Wildman–Crippen LogP) is 0.410. The first kappa shape index (κ1) is 5.69. The molecule has 3 heteroatoms. The van der Waals surface area contributed by atoms with E-state index in [4.69, 9.17) is 0 Å². The normalized spacial score (nSPS) is 8.50. The fourth-order valence-electron chi connectivity index (χ4n) is 0.0962. The van der Waals surface area contributed by atoms with Crippen LogP contribution >= 0.6 is 0 Å². The Balaban J connectivity index is 2.81. The second-order valence-electron chi connectivity index (χ2n) is 1.12. The van der Waals surface area contributed by atoms with Crippen molar-refractivity contribution in [1.29, 1.82) is 0 Å². The van der Waals surface area contributed by atoms with Crippen molar-refractivity contribution in [2.45, 2.75) is 13.1 Å². The molecule has 35 valence electrons. The minimum atomic E-state index is -0.754. The molecule has 0 aliphatic heterocycles. The lowest BCUT2D eigenvalue weighted by atomic mass is 11.7. The van der Waals surface area contributed by atoms with Crippen LogP contribution in [0.5, 0.6) is 0 Å². The minimum Gasteiger partial charge on any atom is -0.520 e. The van der Waals surface area contributed by atoms with E-state index in [0.29, 0.717) is 6.47 Å². The summed E-state index contributed by atoms with van der Waals surface area (Å²) in [4.78, 5) is 9.42. The molecule has 0 aromatic heterocycles. The van der Waals surface area contributed by atoms with E-state index >= 15 is 0 Å². The first-order chi connectivity index (χ1) is 2.77. The van der Waals surface area contributed by atoms with Crippen molar-refractivity contribution in [1.82, 2.24) is 0 Å². The molecule has 0 spiro atoms. The largest absolute Gasteiger partial charge is 0.520 e. The third-order valence-electron chi connectivity index (χ3n) is 0.284. The summed E-state index contributed by atoms with van der Waals surface area (Å²) in [5.74, 6) is 0. The molecule has 2 nitrogen and oxygen atoms in total. The summed E-state index contributed by atoms with van der Waals surface area (Å²) in [5, 5.41) is 0. The molecule has 0 aliphatic carbocycles. The average Bonchev–Trinajstić information content (AvgIpc) is 1.35. The van der Waals surface area contributed by atoms with E-state index in [9.17, 15) is 4.79 Å². The van der Waals surface area contributed by atoms with Crippen molar-refractivity contribution in [3.63, 3.8) is 0 Å². The van der Waals surface area contributed by atoms with Gasteiger partial charge in [0, 0.05) is 0 Å². The van der Waals surface area contributed by atoms with Gasteiger partial charge < -0.3 is 4.43 Å². The molecule has 0 aromatic carbocycles. The highest BCUT2D eigenvalue weighted by molar-refractivity contribution is 6.49. The highest BCUT2D eigenvalue weighted by Crippen LogP contribution is 1.74. The second-order valence-corrected chi connectivity index (χ2v) is 3.17. The third kappa shape index (κ3) is 3.69. The van der Waals surface area contributed by atoms with Crippen LogP contribution < -0.4 is 0 Å². The predicted molar refractivity (Wildman–Crippen MR) is 24.6 cm³/mol. The summed E-state index contributed by atoms with van der Waals surface area (Å²) in [7, 11) is -0.754. The summed E-state index contributed by atoms with van der Waals surface area (Å²) in [5.41, 5.74) is 0. The zero-order valence-corrected chi connectivity index (χ0v) is 4.89. The Hall–Kier alpha value is -0.313. The number of carbonyl (C=O) groups excluding carboxylic acids is 1. The lowest BCUT2D eigenvalue weighted by molar-refractivity contribution is -0.120. The van der Waals surface area contributed by atoms with Crippen molar-refractivity contribution in [2.24, 2.45) is 0 Å². The van der Waals surface area contributed by atoms with Crippen molar-refractivity contribution < 1.29 is 9.22 Å². The summed E-state index contributed by atoms with van der Waals surface area (Å²) in [6.45, 7) is 4.30. The smallest absolute Gasteiger partial charge is 0.279 e. The fourth-order valence-corrected chi connectivity index (χ4v) is 0.289. The SMILES string of the molecule is C[Si](C)OC=O. The maximum atomic E-state index is 9.42. The molecular weight excluding hydrogens is 96.1 g/mol. The quantitative estimate of drug-likeness (QED) is 0.374. The van der Waals surface area contributed by atoms with Gasteiger partial charge in [0.2, 0.25) is 0 Å². The highest BCUT2D eigenvalue weighted by atomic mass is 28.3. The van der Waals surface area contributed by atoms with Gasteiger partial charge in [-0.1, -0.05) is 0 Å². The van der Waals surface area contributed by atoms with Crippen LogP contribution in [0.2, 0.25) is 13.1 Å². The van der Waals surface area contributed by atoms with Crippen LogP contribution in [0.4, 0.5) is 0 Å². The van der Waals surface area contributed by atoms with E-state index in [1.165, 1.54) is 0 Å². The zero-order chi connectivity index (χ0) is 4.99. The molecule has 0 rings (SSSR count). The molecular formula is C3H7O2Si. The van der Waals surface area contributed by atoms with Gasteiger partial charge >= 0.3 is 0 Å². The van der Waals surface area contributed by atoms with E-state index in [-0.39, 0.29) is 0 Å². The molecule has 1 radical (unpaired) electrons. The maximum Gasteiger partial charge on any atom is 0.279 e. The number of rotatable bonds is 2. The summed E-state index contributed by atoms with van der Waals surface area (Å²) < 4.78 is 4.46. The van der Waals surface area contributed by atoms with Crippen LogP contribution in [0.25, 0.3) is 0 Å². The minimum absolute atomic E-state index is 0.494. The van der Waals surface area contributed by atoms with Crippen molar-refractivity contribution in [3.05, 3.63) is 0 Å². The molecule has 0 amide bonds. The highest BCUT2D eigenvalue weighted by Gasteiger charge is 1.90. The lowest BCUT2D eigenvalue weighted by Gasteiger charge is -1.92. The van der Waals surface area contributed by atoms with Gasteiger partial charge in [0.05, 0.1) is 0 Å². The molecule has 0 saturated heterocycles. The summed E-state index contributed by atoms with van der Waals surface area (Å²) >= 11 is 0. The Morgan fingerprint density at radius 2 is 2.17 bits per heavy atom. The topological polar surface area (TPSA) is 26.3 Å². The van der Waals surface area contributed by atoms with Gasteiger partial charge in [-0.15, -0.1) is 0 Å². The van der Waals surface area contributed by atoms with Gasteiger partial charge in [-0.05, 0) is 13.1 Å². The Labute approximate surface area is 38.8 Å². The number of carbonyl (C=O) groups is 1. The number of hydrogen-bond acceptors (Lipinski definition) is 2. The Bertz CT molecular complexity index is 44.1. The monoisotopic (exact) mass is 103 g/mol. The van der Waals surface area contributed by atoms with Gasteiger partial charge in [0.1, 0.15) is 0 Å². The van der Waals surface area contributed by atoms with E-state index < -0.39 is 9.04 Å². The van der Waals surface area contributed by atoms with Crippen LogP contribution in [0.1, 0.15) is 0 Å². The summed E-state index contributed by atoms with van der Waals surface area (Å²) in [6.07, 6.45) is 0. The van der Waals surface area contributed by atoms with E-state index in [1.807, 2.05) is 13.1 Å². The van der Waals surface area contributed by atoms with Crippen molar-refractivity contribution in [3.8, 4) is 0 Å². The molecule has 0 unspecified atom stereocenters. The van der Waals surface area contributed by atoms with Crippen LogP contribution in [-0.2, 0) is 9.22 Å². The van der Waals surface area contributed by atoms with Crippen molar-refractivity contribution in [2.75, 3.05) is 0 Å². The molecule has 0 heterocycles. The maximum absolute atomic E-state index is 9.42. The van der Waals surface area contributed by atoms with Crippen LogP contribution in [0.3, 0.4) is 0 Å². The van der Waals surface area contributed by atoms with Crippen molar-refractivity contribution >= 4 is 15.5 Å². The van der Waals surface area contributed by atoms with Crippen LogP contribution in [0.15, 0.2) is 0 Å². The molecule has 0 saturated carbocycles. The van der Waals surface area contributed by atoms with E-state index in [1.54, 1.807) is 0 Å². The van der Waals surface area contributed by atoms with Gasteiger partial charge in [-0.3, -0.25) is 4.79 Å². The Kier molecular flexibility index (Phi) is 2.75. The average molecular weight is 103 g/mol. The molecule has 0 fully saturated rings. The molecule has 0 atom stereocenters. The van der Waals surface area contributed by atoms with Gasteiger partial charge in [-0.2, -0.15) is 0 Å². The molecule has 0 N–H and O–H groups in total. The first-order valence-electron chi connectivity index (χ1n) is 1.68. The lowest BCUT2D eigenvalue weighted by Crippen LogP contribution is -2.04. The zero-order valence-electron chi connectivity index (χ0n) is 3.89. The fraction of sp³-hybridized carbons (Fsp3) is 0.667. The van der Waals surface area contributed by atoms with Gasteiger partial charge in [0.15, 0.2) is 0 Å². The van der Waals surface area contributed by atoms with Crippen LogP contribution in [-0.4, -0.2) is 15.5 Å². The molecule has 6 heavy (non-hydrogen) atoms. The Morgan fingerprint density at radius 1 is 1.67 bits per heavy atom. The van der Waals surface area contributed by atoms with Gasteiger partial charge in [-0.25, -0.2) is 0 Å². The second kappa shape index (κ2) is 2.90. The molecule has 0 aromatic rings. The first-order valence-corrected chi connectivity index (χ1v) is 4.08. The third-order valence-corrected chi connectivity index (χ3v) is 0.851. The molecule has 0 bridgehead atoms. The van der Waals surface area contributed by atoms with Gasteiger partial charge in [0.25, 0.3) is 15.5 Å². The van der Waals surface area contributed by atoms with E-state index in [0.717, 1.165) is 0 Å². The van der Waals surface area contributed by atoms with E-state index in [2.05, 4.69) is 4.43 Å². The standard InChI is InChI=1S/C3H7O2Si/c1-6(2)5-3-4/h3H,1-2H3. The Morgan fingerprint density at radius 3 is 2.17 bits per heavy atom. The molecule has 0 aliphatic rings.